The van der Waals surface area contributed by atoms with Crippen LogP contribution in [0.2, 0.25) is 0 Å². The minimum absolute atomic E-state index is 0.235. The minimum atomic E-state index is -0.235. The number of aryl methyl sites for hydroxylation is 1. The van der Waals surface area contributed by atoms with Crippen molar-refractivity contribution in [3.8, 4) is 11.3 Å². The standard InChI is InChI=1S/C13H14BrFN2/c1-8(2)12-11(14)13(17(3)16-12)9-5-4-6-10(15)7-9/h4-8H,1-3H3. The lowest BCUT2D eigenvalue weighted by molar-refractivity contribution is 0.628. The molecule has 0 aliphatic rings. The van der Waals surface area contributed by atoms with Crippen molar-refractivity contribution in [3.63, 3.8) is 0 Å². The second-order valence-electron chi connectivity index (χ2n) is 4.34. The van der Waals surface area contributed by atoms with Gasteiger partial charge in [-0.3, -0.25) is 4.68 Å². The van der Waals surface area contributed by atoms with E-state index in [9.17, 15) is 4.39 Å². The second kappa shape index (κ2) is 4.61. The van der Waals surface area contributed by atoms with Crippen molar-refractivity contribution in [3.05, 3.63) is 40.2 Å². The summed E-state index contributed by atoms with van der Waals surface area (Å²) >= 11 is 3.56. The van der Waals surface area contributed by atoms with Crippen molar-refractivity contribution in [2.75, 3.05) is 0 Å². The zero-order chi connectivity index (χ0) is 12.6. The van der Waals surface area contributed by atoms with Crippen molar-refractivity contribution in [1.82, 2.24) is 9.78 Å². The van der Waals surface area contributed by atoms with E-state index in [0.29, 0.717) is 5.92 Å². The van der Waals surface area contributed by atoms with Crippen LogP contribution in [0.25, 0.3) is 11.3 Å². The highest BCUT2D eigenvalue weighted by molar-refractivity contribution is 9.10. The van der Waals surface area contributed by atoms with E-state index in [1.807, 2.05) is 13.1 Å². The zero-order valence-corrected chi connectivity index (χ0v) is 11.6. The normalized spacial score (nSPS) is 11.2. The van der Waals surface area contributed by atoms with Gasteiger partial charge in [-0.1, -0.05) is 26.0 Å². The van der Waals surface area contributed by atoms with Gasteiger partial charge in [0.05, 0.1) is 15.9 Å². The average molecular weight is 297 g/mol. The predicted molar refractivity (Wildman–Crippen MR) is 70.4 cm³/mol. The minimum Gasteiger partial charge on any atom is -0.266 e. The lowest BCUT2D eigenvalue weighted by Gasteiger charge is -2.03. The Kier molecular flexibility index (Phi) is 3.33. The maximum atomic E-state index is 13.2. The molecule has 0 atom stereocenters. The van der Waals surface area contributed by atoms with Crippen LogP contribution in [0.3, 0.4) is 0 Å². The molecule has 90 valence electrons. The summed E-state index contributed by atoms with van der Waals surface area (Å²) in [5, 5.41) is 4.46. The summed E-state index contributed by atoms with van der Waals surface area (Å²) in [6.45, 7) is 4.17. The first kappa shape index (κ1) is 12.3. The molecule has 0 bridgehead atoms. The van der Waals surface area contributed by atoms with Crippen LogP contribution in [0.4, 0.5) is 4.39 Å². The van der Waals surface area contributed by atoms with E-state index >= 15 is 0 Å². The molecule has 1 aromatic carbocycles. The molecule has 1 aromatic heterocycles. The topological polar surface area (TPSA) is 17.8 Å². The lowest BCUT2D eigenvalue weighted by atomic mass is 10.1. The summed E-state index contributed by atoms with van der Waals surface area (Å²) in [7, 11) is 1.87. The average Bonchev–Trinajstić information content (AvgIpc) is 2.54. The molecular weight excluding hydrogens is 283 g/mol. The summed E-state index contributed by atoms with van der Waals surface area (Å²) in [5.74, 6) is 0.0968. The summed E-state index contributed by atoms with van der Waals surface area (Å²) in [6.07, 6.45) is 0. The van der Waals surface area contributed by atoms with Gasteiger partial charge in [-0.25, -0.2) is 4.39 Å². The molecule has 2 rings (SSSR count). The Morgan fingerprint density at radius 1 is 1.35 bits per heavy atom. The SMILES string of the molecule is CC(C)c1nn(C)c(-c2cccc(F)c2)c1Br. The fourth-order valence-electron chi connectivity index (χ4n) is 1.84. The number of aromatic nitrogens is 2. The van der Waals surface area contributed by atoms with Gasteiger partial charge >= 0.3 is 0 Å². The quantitative estimate of drug-likeness (QED) is 0.815. The number of halogens is 2. The van der Waals surface area contributed by atoms with Crippen molar-refractivity contribution in [1.29, 1.82) is 0 Å². The number of hydrogen-bond donors (Lipinski definition) is 0. The van der Waals surface area contributed by atoms with E-state index in [0.717, 1.165) is 21.4 Å². The van der Waals surface area contributed by atoms with Gasteiger partial charge in [0.15, 0.2) is 0 Å². The van der Waals surface area contributed by atoms with Crippen LogP contribution >= 0.6 is 15.9 Å². The Morgan fingerprint density at radius 3 is 2.59 bits per heavy atom. The van der Waals surface area contributed by atoms with E-state index in [-0.39, 0.29) is 5.82 Å². The maximum Gasteiger partial charge on any atom is 0.123 e. The van der Waals surface area contributed by atoms with Crippen molar-refractivity contribution >= 4 is 15.9 Å². The van der Waals surface area contributed by atoms with Crippen LogP contribution in [-0.4, -0.2) is 9.78 Å². The third-order valence-electron chi connectivity index (χ3n) is 2.66. The smallest absolute Gasteiger partial charge is 0.123 e. The highest BCUT2D eigenvalue weighted by Gasteiger charge is 2.17. The van der Waals surface area contributed by atoms with Crippen LogP contribution in [0, 0.1) is 5.82 Å². The highest BCUT2D eigenvalue weighted by atomic mass is 79.9. The number of nitrogens with zero attached hydrogens (tertiary/aromatic N) is 2. The Labute approximate surface area is 109 Å². The first-order valence-corrected chi connectivity index (χ1v) is 6.28. The fourth-order valence-corrected chi connectivity index (χ4v) is 2.86. The van der Waals surface area contributed by atoms with Gasteiger partial charge in [0.25, 0.3) is 0 Å². The Bertz CT molecular complexity index is 546. The number of benzene rings is 1. The zero-order valence-electron chi connectivity index (χ0n) is 10.0. The summed E-state index contributed by atoms with van der Waals surface area (Å²) in [4.78, 5) is 0. The molecule has 0 aliphatic carbocycles. The van der Waals surface area contributed by atoms with Gasteiger partial charge in [0.1, 0.15) is 5.82 Å². The monoisotopic (exact) mass is 296 g/mol. The molecule has 0 aliphatic heterocycles. The van der Waals surface area contributed by atoms with Crippen LogP contribution in [0.1, 0.15) is 25.5 Å². The molecule has 0 unspecified atom stereocenters. The maximum absolute atomic E-state index is 13.2. The van der Waals surface area contributed by atoms with E-state index < -0.39 is 0 Å². The van der Waals surface area contributed by atoms with Gasteiger partial charge in [0.2, 0.25) is 0 Å². The first-order chi connectivity index (χ1) is 8.00. The van der Waals surface area contributed by atoms with Crippen LogP contribution in [-0.2, 0) is 7.05 Å². The summed E-state index contributed by atoms with van der Waals surface area (Å²) < 4.78 is 16.0. The molecule has 0 amide bonds. The molecule has 0 saturated heterocycles. The van der Waals surface area contributed by atoms with Gasteiger partial charge < -0.3 is 0 Å². The fraction of sp³-hybridized carbons (Fsp3) is 0.308. The van der Waals surface area contributed by atoms with Crippen LogP contribution in [0.5, 0.6) is 0 Å². The molecule has 2 aromatic rings. The molecule has 4 heteroatoms. The van der Waals surface area contributed by atoms with Gasteiger partial charge in [-0.05, 0) is 34.0 Å². The third kappa shape index (κ3) is 2.27. The third-order valence-corrected chi connectivity index (χ3v) is 3.44. The highest BCUT2D eigenvalue weighted by Crippen LogP contribution is 2.34. The van der Waals surface area contributed by atoms with E-state index in [1.54, 1.807) is 10.7 Å². The van der Waals surface area contributed by atoms with Crippen molar-refractivity contribution in [2.45, 2.75) is 19.8 Å². The molecule has 17 heavy (non-hydrogen) atoms. The van der Waals surface area contributed by atoms with Crippen molar-refractivity contribution < 1.29 is 4.39 Å². The van der Waals surface area contributed by atoms with E-state index in [1.165, 1.54) is 12.1 Å². The van der Waals surface area contributed by atoms with Crippen LogP contribution in [0.15, 0.2) is 28.7 Å². The molecule has 1 heterocycles. The van der Waals surface area contributed by atoms with Gasteiger partial charge in [-0.15, -0.1) is 0 Å². The Balaban J connectivity index is 2.60. The van der Waals surface area contributed by atoms with Gasteiger partial charge in [0, 0.05) is 12.6 Å². The van der Waals surface area contributed by atoms with E-state index in [4.69, 9.17) is 0 Å². The number of rotatable bonds is 2. The first-order valence-electron chi connectivity index (χ1n) is 5.49. The summed E-state index contributed by atoms with van der Waals surface area (Å²) in [6, 6.07) is 6.55. The van der Waals surface area contributed by atoms with E-state index in [2.05, 4.69) is 34.9 Å². The molecule has 0 saturated carbocycles. The van der Waals surface area contributed by atoms with Crippen molar-refractivity contribution in [2.24, 2.45) is 7.05 Å². The van der Waals surface area contributed by atoms with Crippen LogP contribution < -0.4 is 0 Å². The Morgan fingerprint density at radius 2 is 2.06 bits per heavy atom. The molecule has 2 nitrogen and oxygen atoms in total. The van der Waals surface area contributed by atoms with Gasteiger partial charge in [-0.2, -0.15) is 5.10 Å². The molecule has 0 spiro atoms. The summed E-state index contributed by atoms with van der Waals surface area (Å²) in [5.41, 5.74) is 2.73. The second-order valence-corrected chi connectivity index (χ2v) is 5.13. The molecular formula is C13H14BrFN2. The molecule has 0 N–H and O–H groups in total. The molecule has 0 fully saturated rings. The Hall–Kier alpha value is -1.16. The largest absolute Gasteiger partial charge is 0.266 e. The molecule has 0 radical (unpaired) electrons. The predicted octanol–water partition coefficient (Wildman–Crippen LogP) is 4.11. The lowest BCUT2D eigenvalue weighted by Crippen LogP contribution is -1.95. The number of hydrogen-bond acceptors (Lipinski definition) is 1.